The molecule has 20 heavy (non-hydrogen) atoms. The van der Waals surface area contributed by atoms with Crippen LogP contribution in [0.1, 0.15) is 15.9 Å². The van der Waals surface area contributed by atoms with Crippen LogP contribution in [0.2, 0.25) is 15.1 Å². The number of hydrogen-bond donors (Lipinski definition) is 0. The van der Waals surface area contributed by atoms with Crippen molar-refractivity contribution >= 4 is 46.7 Å². The minimum Gasteiger partial charge on any atom is -0.289 e. The number of carbonyl (C=O) groups excluding carboxylic acids is 1. The quantitative estimate of drug-likeness (QED) is 0.523. The highest BCUT2D eigenvalue weighted by Gasteiger charge is 2.07. The Morgan fingerprint density at radius 2 is 1.75 bits per heavy atom. The van der Waals surface area contributed by atoms with Crippen molar-refractivity contribution in [3.8, 4) is 0 Å². The highest BCUT2D eigenvalue weighted by Crippen LogP contribution is 2.24. The molecule has 0 aliphatic heterocycles. The molecule has 0 aliphatic rings. The summed E-state index contributed by atoms with van der Waals surface area (Å²) in [6.45, 7) is 0. The third-order valence-corrected chi connectivity index (χ3v) is 3.67. The van der Waals surface area contributed by atoms with E-state index in [1.165, 1.54) is 36.4 Å². The third-order valence-electron chi connectivity index (χ3n) is 2.61. The summed E-state index contributed by atoms with van der Waals surface area (Å²) in [5.74, 6) is -0.807. The number of allylic oxidation sites excluding steroid dienone is 1. The summed E-state index contributed by atoms with van der Waals surface area (Å²) in [6.07, 6.45) is 2.58. The molecule has 1 nitrogen and oxygen atoms in total. The van der Waals surface area contributed by atoms with Crippen LogP contribution in [0, 0.1) is 5.82 Å². The Kier molecular flexibility index (Phi) is 4.81. The zero-order chi connectivity index (χ0) is 14.7. The highest BCUT2D eigenvalue weighted by molar-refractivity contribution is 6.42. The number of halogens is 4. The van der Waals surface area contributed by atoms with E-state index in [4.69, 9.17) is 34.8 Å². The smallest absolute Gasteiger partial charge is 0.185 e. The largest absolute Gasteiger partial charge is 0.289 e. The van der Waals surface area contributed by atoms with Gasteiger partial charge < -0.3 is 0 Å². The van der Waals surface area contributed by atoms with Crippen molar-refractivity contribution in [2.24, 2.45) is 0 Å². The number of benzene rings is 2. The standard InChI is InChI=1S/C15H8Cl3FO/c16-11-2-1-3-14(19)10(11)5-7-15(20)9-4-6-12(17)13(18)8-9/h1-8H/b7-5+. The van der Waals surface area contributed by atoms with Crippen LogP contribution in [-0.4, -0.2) is 5.78 Å². The van der Waals surface area contributed by atoms with Gasteiger partial charge in [-0.15, -0.1) is 0 Å². The number of hydrogen-bond acceptors (Lipinski definition) is 1. The van der Waals surface area contributed by atoms with Crippen LogP contribution in [0.5, 0.6) is 0 Å². The molecule has 0 spiro atoms. The summed E-state index contributed by atoms with van der Waals surface area (Å²) < 4.78 is 13.5. The monoisotopic (exact) mass is 328 g/mol. The van der Waals surface area contributed by atoms with Crippen LogP contribution in [0.25, 0.3) is 6.08 Å². The predicted octanol–water partition coefficient (Wildman–Crippen LogP) is 5.68. The topological polar surface area (TPSA) is 17.1 Å². The van der Waals surface area contributed by atoms with E-state index in [1.54, 1.807) is 12.1 Å². The van der Waals surface area contributed by atoms with Gasteiger partial charge in [-0.1, -0.05) is 40.9 Å². The molecule has 0 aliphatic carbocycles. The summed E-state index contributed by atoms with van der Waals surface area (Å²) in [7, 11) is 0. The van der Waals surface area contributed by atoms with Crippen LogP contribution in [0.3, 0.4) is 0 Å². The Bertz CT molecular complexity index is 675. The van der Waals surface area contributed by atoms with Crippen molar-refractivity contribution in [2.75, 3.05) is 0 Å². The van der Waals surface area contributed by atoms with Gasteiger partial charge in [0, 0.05) is 11.1 Å². The van der Waals surface area contributed by atoms with Crippen molar-refractivity contribution in [1.29, 1.82) is 0 Å². The lowest BCUT2D eigenvalue weighted by Gasteiger charge is -2.01. The molecule has 0 bridgehead atoms. The van der Waals surface area contributed by atoms with E-state index in [-0.39, 0.29) is 21.4 Å². The summed E-state index contributed by atoms with van der Waals surface area (Å²) in [4.78, 5) is 12.0. The van der Waals surface area contributed by atoms with E-state index in [0.29, 0.717) is 10.6 Å². The first-order valence-electron chi connectivity index (χ1n) is 5.60. The first kappa shape index (κ1) is 15.0. The average molecular weight is 330 g/mol. The maximum atomic E-state index is 13.5. The van der Waals surface area contributed by atoms with Gasteiger partial charge >= 0.3 is 0 Å². The Morgan fingerprint density at radius 1 is 1.00 bits per heavy atom. The van der Waals surface area contributed by atoms with Crippen LogP contribution in [0.15, 0.2) is 42.5 Å². The SMILES string of the molecule is O=C(/C=C/c1c(F)cccc1Cl)c1ccc(Cl)c(Cl)c1. The molecule has 5 heteroatoms. The van der Waals surface area contributed by atoms with Crippen molar-refractivity contribution in [3.05, 3.63) is 74.5 Å². The summed E-state index contributed by atoms with van der Waals surface area (Å²) >= 11 is 17.5. The van der Waals surface area contributed by atoms with Gasteiger partial charge in [0.2, 0.25) is 0 Å². The van der Waals surface area contributed by atoms with Crippen LogP contribution in [0.4, 0.5) is 4.39 Å². The molecular weight excluding hydrogens is 322 g/mol. The molecule has 0 amide bonds. The maximum Gasteiger partial charge on any atom is 0.185 e. The molecule has 0 atom stereocenters. The lowest BCUT2D eigenvalue weighted by molar-refractivity contribution is 0.104. The van der Waals surface area contributed by atoms with Crippen molar-refractivity contribution in [3.63, 3.8) is 0 Å². The van der Waals surface area contributed by atoms with E-state index in [0.717, 1.165) is 0 Å². The van der Waals surface area contributed by atoms with Crippen molar-refractivity contribution in [2.45, 2.75) is 0 Å². The number of ketones is 1. The van der Waals surface area contributed by atoms with E-state index >= 15 is 0 Å². The molecule has 2 aromatic carbocycles. The molecule has 0 saturated heterocycles. The zero-order valence-electron chi connectivity index (χ0n) is 10.0. The second-order valence-electron chi connectivity index (χ2n) is 3.96. The Labute approximate surface area is 130 Å². The second-order valence-corrected chi connectivity index (χ2v) is 5.18. The molecule has 0 radical (unpaired) electrons. The second kappa shape index (κ2) is 6.40. The summed E-state index contributed by atoms with van der Waals surface area (Å²) in [6, 6.07) is 8.85. The molecule has 102 valence electrons. The highest BCUT2D eigenvalue weighted by atomic mass is 35.5. The minimum atomic E-state index is -0.490. The molecule has 2 rings (SSSR count). The van der Waals surface area contributed by atoms with Gasteiger partial charge in [-0.2, -0.15) is 0 Å². The van der Waals surface area contributed by atoms with E-state index < -0.39 is 5.82 Å². The van der Waals surface area contributed by atoms with Crippen LogP contribution in [-0.2, 0) is 0 Å². The molecule has 0 saturated carbocycles. The lowest BCUT2D eigenvalue weighted by atomic mass is 10.1. The minimum absolute atomic E-state index is 0.169. The zero-order valence-corrected chi connectivity index (χ0v) is 12.3. The average Bonchev–Trinajstić information content (AvgIpc) is 2.41. The van der Waals surface area contributed by atoms with Crippen molar-refractivity contribution in [1.82, 2.24) is 0 Å². The van der Waals surface area contributed by atoms with Crippen LogP contribution >= 0.6 is 34.8 Å². The van der Waals surface area contributed by atoms with Gasteiger partial charge in [-0.3, -0.25) is 4.79 Å². The number of carbonyl (C=O) groups is 1. The fourth-order valence-electron chi connectivity index (χ4n) is 1.57. The predicted molar refractivity (Wildman–Crippen MR) is 81.2 cm³/mol. The fraction of sp³-hybridized carbons (Fsp3) is 0. The number of rotatable bonds is 3. The Hall–Kier alpha value is -1.35. The first-order valence-corrected chi connectivity index (χ1v) is 6.74. The van der Waals surface area contributed by atoms with E-state index in [2.05, 4.69) is 0 Å². The lowest BCUT2D eigenvalue weighted by Crippen LogP contribution is -1.94. The molecule has 0 fully saturated rings. The van der Waals surface area contributed by atoms with Gasteiger partial charge in [-0.05, 0) is 42.5 Å². The fourth-order valence-corrected chi connectivity index (χ4v) is 2.10. The molecular formula is C15H8Cl3FO. The first-order chi connectivity index (χ1) is 9.49. The van der Waals surface area contributed by atoms with E-state index in [1.807, 2.05) is 0 Å². The summed E-state index contributed by atoms with van der Waals surface area (Å²) in [5, 5.41) is 0.891. The molecule has 0 N–H and O–H groups in total. The van der Waals surface area contributed by atoms with Gasteiger partial charge in [0.05, 0.1) is 15.1 Å². The van der Waals surface area contributed by atoms with Crippen molar-refractivity contribution < 1.29 is 9.18 Å². The molecule has 0 aromatic heterocycles. The summed E-state index contributed by atoms with van der Waals surface area (Å²) in [5.41, 5.74) is 0.533. The Balaban J connectivity index is 2.27. The van der Waals surface area contributed by atoms with Gasteiger partial charge in [0.25, 0.3) is 0 Å². The van der Waals surface area contributed by atoms with E-state index in [9.17, 15) is 9.18 Å². The Morgan fingerprint density at radius 3 is 2.40 bits per heavy atom. The van der Waals surface area contributed by atoms with Gasteiger partial charge in [0.15, 0.2) is 5.78 Å². The molecule has 2 aromatic rings. The van der Waals surface area contributed by atoms with Gasteiger partial charge in [-0.25, -0.2) is 4.39 Å². The molecule has 0 heterocycles. The van der Waals surface area contributed by atoms with Crippen LogP contribution < -0.4 is 0 Å². The van der Waals surface area contributed by atoms with Gasteiger partial charge in [0.1, 0.15) is 5.82 Å². The third kappa shape index (κ3) is 3.40. The normalized spacial score (nSPS) is 11.0. The molecule has 0 unspecified atom stereocenters. The maximum absolute atomic E-state index is 13.5.